The molecule has 0 aliphatic carbocycles. The van der Waals surface area contributed by atoms with E-state index in [0.29, 0.717) is 0 Å². The first-order valence-electron chi connectivity index (χ1n) is 6.07. The number of nitrogens with zero attached hydrogens (tertiary/aromatic N) is 1. The first-order chi connectivity index (χ1) is 9.23. The summed E-state index contributed by atoms with van der Waals surface area (Å²) < 4.78 is 50.6. The molecule has 1 heterocycles. The molecule has 1 N–H and O–H groups in total. The highest BCUT2D eigenvalue weighted by molar-refractivity contribution is 5.94. The summed E-state index contributed by atoms with van der Waals surface area (Å²) in [6, 6.07) is 4.79. The van der Waals surface area contributed by atoms with Crippen LogP contribution in [0, 0.1) is 5.82 Å². The Bertz CT molecular complexity index is 490. The molecule has 2 rings (SSSR count). The van der Waals surface area contributed by atoms with Crippen LogP contribution in [-0.2, 0) is 0 Å². The first-order valence-corrected chi connectivity index (χ1v) is 6.07. The lowest BCUT2D eigenvalue weighted by Gasteiger charge is -2.39. The number of carbonyl (C=O) groups is 1. The van der Waals surface area contributed by atoms with Crippen LogP contribution in [0.3, 0.4) is 0 Å². The van der Waals surface area contributed by atoms with Gasteiger partial charge in [-0.2, -0.15) is 13.2 Å². The number of piperidine rings is 1. The zero-order valence-electron chi connectivity index (χ0n) is 10.5. The third-order valence-electron chi connectivity index (χ3n) is 3.50. The molecule has 1 aromatic rings. The number of carbonyl (C=O) groups excluding carboxylic acids is 1. The van der Waals surface area contributed by atoms with Gasteiger partial charge in [-0.15, -0.1) is 0 Å². The number of amides is 1. The van der Waals surface area contributed by atoms with Crippen LogP contribution in [0.15, 0.2) is 24.3 Å². The van der Waals surface area contributed by atoms with E-state index >= 15 is 0 Å². The van der Waals surface area contributed by atoms with Crippen molar-refractivity contribution in [1.82, 2.24) is 4.90 Å². The maximum absolute atomic E-state index is 12.7. The zero-order valence-corrected chi connectivity index (χ0v) is 10.5. The fraction of sp³-hybridized carbons (Fsp3) is 0.462. The van der Waals surface area contributed by atoms with Crippen LogP contribution in [-0.4, -0.2) is 40.8 Å². The molecule has 1 saturated heterocycles. The lowest BCUT2D eigenvalue weighted by Crippen LogP contribution is -2.54. The highest BCUT2D eigenvalue weighted by Gasteiger charge is 2.54. The topological polar surface area (TPSA) is 40.5 Å². The molecule has 0 aromatic heterocycles. The Morgan fingerprint density at radius 3 is 2.10 bits per heavy atom. The van der Waals surface area contributed by atoms with Crippen molar-refractivity contribution >= 4 is 5.91 Å². The molecule has 1 aliphatic heterocycles. The van der Waals surface area contributed by atoms with Crippen molar-refractivity contribution in [3.8, 4) is 0 Å². The molecule has 1 aliphatic rings. The van der Waals surface area contributed by atoms with E-state index in [0.717, 1.165) is 12.1 Å². The molecule has 3 nitrogen and oxygen atoms in total. The van der Waals surface area contributed by atoms with Crippen molar-refractivity contribution in [2.45, 2.75) is 24.6 Å². The van der Waals surface area contributed by atoms with Gasteiger partial charge in [0.05, 0.1) is 0 Å². The van der Waals surface area contributed by atoms with E-state index in [9.17, 15) is 27.5 Å². The lowest BCUT2D eigenvalue weighted by molar-refractivity contribution is -0.271. The summed E-state index contributed by atoms with van der Waals surface area (Å²) in [5.41, 5.74) is -2.52. The van der Waals surface area contributed by atoms with E-state index in [-0.39, 0.29) is 18.7 Å². The summed E-state index contributed by atoms with van der Waals surface area (Å²) in [6.07, 6.45) is -5.80. The summed E-state index contributed by atoms with van der Waals surface area (Å²) in [5.74, 6) is -0.958. The van der Waals surface area contributed by atoms with Gasteiger partial charge in [-0.05, 0) is 24.3 Å². The van der Waals surface area contributed by atoms with Gasteiger partial charge in [-0.3, -0.25) is 4.79 Å². The highest BCUT2D eigenvalue weighted by atomic mass is 19.4. The van der Waals surface area contributed by atoms with Crippen molar-refractivity contribution in [2.24, 2.45) is 0 Å². The minimum absolute atomic E-state index is 0.188. The van der Waals surface area contributed by atoms with E-state index in [1.807, 2.05) is 0 Å². The number of rotatable bonds is 1. The van der Waals surface area contributed by atoms with Gasteiger partial charge >= 0.3 is 6.18 Å². The summed E-state index contributed by atoms with van der Waals surface area (Å²) in [4.78, 5) is 13.2. The third-order valence-corrected chi connectivity index (χ3v) is 3.50. The summed E-state index contributed by atoms with van der Waals surface area (Å²) in [7, 11) is 0. The van der Waals surface area contributed by atoms with Crippen LogP contribution < -0.4 is 0 Å². The second kappa shape index (κ2) is 5.05. The van der Waals surface area contributed by atoms with Crippen molar-refractivity contribution < 1.29 is 27.5 Å². The van der Waals surface area contributed by atoms with Crippen molar-refractivity contribution in [2.75, 3.05) is 13.1 Å². The Balaban J connectivity index is 2.04. The van der Waals surface area contributed by atoms with E-state index in [1.54, 1.807) is 0 Å². The number of halogens is 4. The molecule has 1 aromatic carbocycles. The monoisotopic (exact) mass is 291 g/mol. The predicted octanol–water partition coefficient (Wildman–Crippen LogP) is 2.36. The van der Waals surface area contributed by atoms with Gasteiger partial charge in [-0.25, -0.2) is 4.39 Å². The molecule has 110 valence electrons. The molecule has 1 amide bonds. The van der Waals surface area contributed by atoms with E-state index in [4.69, 9.17) is 0 Å². The molecule has 0 atom stereocenters. The van der Waals surface area contributed by atoms with Crippen LogP contribution in [0.1, 0.15) is 23.2 Å². The van der Waals surface area contributed by atoms with Crippen LogP contribution in [0.25, 0.3) is 0 Å². The molecule has 0 radical (unpaired) electrons. The Morgan fingerprint density at radius 1 is 1.15 bits per heavy atom. The van der Waals surface area contributed by atoms with Crippen molar-refractivity contribution in [1.29, 1.82) is 0 Å². The van der Waals surface area contributed by atoms with Crippen molar-refractivity contribution in [3.63, 3.8) is 0 Å². The smallest absolute Gasteiger partial charge is 0.380 e. The minimum atomic E-state index is -4.70. The van der Waals surface area contributed by atoms with Gasteiger partial charge in [0.1, 0.15) is 5.82 Å². The summed E-state index contributed by atoms with van der Waals surface area (Å²) in [6.45, 7) is -0.377. The van der Waals surface area contributed by atoms with Crippen LogP contribution in [0.5, 0.6) is 0 Å². The number of hydrogen-bond donors (Lipinski definition) is 1. The Hall–Kier alpha value is -1.63. The quantitative estimate of drug-likeness (QED) is 0.807. The molecular formula is C13H13F4NO2. The number of likely N-dealkylation sites (tertiary alicyclic amines) is 1. The largest absolute Gasteiger partial charge is 0.417 e. The molecule has 1 fully saturated rings. The van der Waals surface area contributed by atoms with Gasteiger partial charge in [-0.1, -0.05) is 0 Å². The predicted molar refractivity (Wildman–Crippen MR) is 62.5 cm³/mol. The molecule has 7 heteroatoms. The maximum atomic E-state index is 12.7. The van der Waals surface area contributed by atoms with Crippen molar-refractivity contribution in [3.05, 3.63) is 35.6 Å². The lowest BCUT2D eigenvalue weighted by atomic mass is 9.90. The molecule has 20 heavy (non-hydrogen) atoms. The van der Waals surface area contributed by atoms with E-state index in [1.165, 1.54) is 17.0 Å². The van der Waals surface area contributed by atoms with Gasteiger partial charge in [0.15, 0.2) is 5.60 Å². The van der Waals surface area contributed by atoms with Gasteiger partial charge in [0.25, 0.3) is 5.91 Å². The van der Waals surface area contributed by atoms with Crippen LogP contribution >= 0.6 is 0 Å². The molecular weight excluding hydrogens is 278 g/mol. The Morgan fingerprint density at radius 2 is 1.65 bits per heavy atom. The number of alkyl halides is 3. The highest BCUT2D eigenvalue weighted by Crippen LogP contribution is 2.38. The Kier molecular flexibility index (Phi) is 3.73. The second-order valence-electron chi connectivity index (χ2n) is 4.83. The average Bonchev–Trinajstić information content (AvgIpc) is 2.38. The maximum Gasteiger partial charge on any atom is 0.417 e. The van der Waals surface area contributed by atoms with Gasteiger partial charge < -0.3 is 10.0 Å². The molecule has 0 bridgehead atoms. The Labute approximate surface area is 112 Å². The third kappa shape index (κ3) is 2.77. The standard InChI is InChI=1S/C13H13F4NO2/c14-10-3-1-9(2-4-10)11(19)18-7-5-12(20,6-8-18)13(15,16)17/h1-4,20H,5-8H2. The normalized spacial score (nSPS) is 18.9. The SMILES string of the molecule is O=C(c1ccc(F)cc1)N1CCC(O)(C(F)(F)F)CC1. The number of hydrogen-bond acceptors (Lipinski definition) is 2. The second-order valence-corrected chi connectivity index (χ2v) is 4.83. The van der Waals surface area contributed by atoms with Gasteiger partial charge in [0.2, 0.25) is 0 Å². The molecule has 0 unspecified atom stereocenters. The van der Waals surface area contributed by atoms with Gasteiger partial charge in [0, 0.05) is 31.5 Å². The van der Waals surface area contributed by atoms with Crippen LogP contribution in [0.4, 0.5) is 17.6 Å². The van der Waals surface area contributed by atoms with Crippen LogP contribution in [0.2, 0.25) is 0 Å². The number of benzene rings is 1. The summed E-state index contributed by atoms with van der Waals surface area (Å²) >= 11 is 0. The van der Waals surface area contributed by atoms with E-state index < -0.39 is 36.3 Å². The minimum Gasteiger partial charge on any atom is -0.380 e. The molecule has 0 saturated carbocycles. The average molecular weight is 291 g/mol. The fourth-order valence-electron chi connectivity index (χ4n) is 2.14. The van der Waals surface area contributed by atoms with E-state index in [2.05, 4.69) is 0 Å². The molecule has 0 spiro atoms. The first kappa shape index (κ1) is 14.8. The fourth-order valence-corrected chi connectivity index (χ4v) is 2.14. The summed E-state index contributed by atoms with van der Waals surface area (Å²) in [5, 5.41) is 9.50. The zero-order chi connectivity index (χ0) is 15.0. The number of aliphatic hydroxyl groups is 1.